The van der Waals surface area contributed by atoms with Crippen LogP contribution < -0.4 is 5.63 Å². The summed E-state index contributed by atoms with van der Waals surface area (Å²) < 4.78 is 5.33. The summed E-state index contributed by atoms with van der Waals surface area (Å²) in [5.41, 5.74) is 3.05. The Kier molecular flexibility index (Phi) is 2.91. The van der Waals surface area contributed by atoms with Crippen LogP contribution >= 0.6 is 12.6 Å². The van der Waals surface area contributed by atoms with Crippen molar-refractivity contribution in [3.8, 4) is 11.1 Å². The molecule has 3 aromatic rings. The molecule has 94 valence electrons. The Morgan fingerprint density at radius 2 is 1.79 bits per heavy atom. The van der Waals surface area contributed by atoms with Crippen LogP contribution in [0.5, 0.6) is 0 Å². The SMILES string of the molecule is Cc1c(S)ccc2c(-c3ccccc3)cc(=O)oc12. The van der Waals surface area contributed by atoms with Gasteiger partial charge in [0, 0.05) is 21.9 Å². The largest absolute Gasteiger partial charge is 0.422 e. The Bertz CT molecular complexity index is 804. The molecule has 3 heteroatoms. The topological polar surface area (TPSA) is 30.2 Å². The lowest BCUT2D eigenvalue weighted by Crippen LogP contribution is -1.99. The first-order chi connectivity index (χ1) is 9.16. The molecule has 0 saturated heterocycles. The molecular formula is C16H12O2S. The van der Waals surface area contributed by atoms with Gasteiger partial charge in [-0.2, -0.15) is 0 Å². The quantitative estimate of drug-likeness (QED) is 0.533. The van der Waals surface area contributed by atoms with E-state index in [1.54, 1.807) is 0 Å². The second-order valence-corrected chi connectivity index (χ2v) is 4.91. The number of rotatable bonds is 1. The van der Waals surface area contributed by atoms with Gasteiger partial charge in [0.2, 0.25) is 0 Å². The third kappa shape index (κ3) is 2.06. The molecule has 0 fully saturated rings. The van der Waals surface area contributed by atoms with Crippen molar-refractivity contribution in [3.05, 3.63) is 64.5 Å². The highest BCUT2D eigenvalue weighted by Crippen LogP contribution is 2.31. The van der Waals surface area contributed by atoms with Gasteiger partial charge in [-0.3, -0.25) is 0 Å². The zero-order valence-electron chi connectivity index (χ0n) is 10.4. The van der Waals surface area contributed by atoms with Crippen LogP contribution in [0.15, 0.2) is 62.6 Å². The van der Waals surface area contributed by atoms with Crippen molar-refractivity contribution < 1.29 is 4.42 Å². The number of thiol groups is 1. The van der Waals surface area contributed by atoms with Gasteiger partial charge in [-0.25, -0.2) is 4.79 Å². The zero-order valence-corrected chi connectivity index (χ0v) is 11.3. The van der Waals surface area contributed by atoms with Crippen LogP contribution in [-0.4, -0.2) is 0 Å². The smallest absolute Gasteiger partial charge is 0.336 e. The lowest BCUT2D eigenvalue weighted by Gasteiger charge is -2.08. The lowest BCUT2D eigenvalue weighted by molar-refractivity contribution is 0.558. The fourth-order valence-corrected chi connectivity index (χ4v) is 2.38. The van der Waals surface area contributed by atoms with Crippen LogP contribution in [0.1, 0.15) is 5.56 Å². The zero-order chi connectivity index (χ0) is 13.4. The molecule has 0 aliphatic rings. The van der Waals surface area contributed by atoms with Crippen molar-refractivity contribution in [2.24, 2.45) is 0 Å². The first-order valence-electron chi connectivity index (χ1n) is 5.98. The van der Waals surface area contributed by atoms with E-state index in [0.29, 0.717) is 5.58 Å². The minimum absolute atomic E-state index is 0.339. The Hall–Kier alpha value is -2.00. The van der Waals surface area contributed by atoms with Crippen LogP contribution in [0, 0.1) is 6.92 Å². The molecule has 1 aromatic heterocycles. The van der Waals surface area contributed by atoms with Crippen molar-refractivity contribution in [3.63, 3.8) is 0 Å². The number of fused-ring (bicyclic) bond motifs is 1. The van der Waals surface area contributed by atoms with Crippen LogP contribution in [0.4, 0.5) is 0 Å². The summed E-state index contributed by atoms with van der Waals surface area (Å²) in [6.45, 7) is 1.91. The van der Waals surface area contributed by atoms with Gasteiger partial charge in [0.05, 0.1) is 0 Å². The van der Waals surface area contributed by atoms with Gasteiger partial charge in [0.1, 0.15) is 5.58 Å². The number of benzene rings is 2. The Balaban J connectivity index is 2.44. The predicted octanol–water partition coefficient (Wildman–Crippen LogP) is 4.06. The molecule has 0 radical (unpaired) electrons. The molecule has 0 N–H and O–H groups in total. The van der Waals surface area contributed by atoms with E-state index >= 15 is 0 Å². The van der Waals surface area contributed by atoms with Crippen molar-refractivity contribution in [2.45, 2.75) is 11.8 Å². The average Bonchev–Trinajstić information content (AvgIpc) is 2.44. The second kappa shape index (κ2) is 4.59. The Morgan fingerprint density at radius 3 is 2.53 bits per heavy atom. The minimum Gasteiger partial charge on any atom is -0.422 e. The standard InChI is InChI=1S/C16H12O2S/c1-10-14(19)8-7-12-13(9-15(17)18-16(10)12)11-5-3-2-4-6-11/h2-9,19H,1H3. The molecule has 0 bridgehead atoms. The van der Waals surface area contributed by atoms with Gasteiger partial charge in [-0.15, -0.1) is 12.6 Å². The van der Waals surface area contributed by atoms with Crippen molar-refractivity contribution in [2.75, 3.05) is 0 Å². The number of hydrogen-bond donors (Lipinski definition) is 1. The maximum Gasteiger partial charge on any atom is 0.336 e. The van der Waals surface area contributed by atoms with E-state index in [0.717, 1.165) is 27.0 Å². The molecule has 0 atom stereocenters. The molecule has 0 aliphatic carbocycles. The number of aryl methyl sites for hydroxylation is 1. The summed E-state index contributed by atoms with van der Waals surface area (Å²) >= 11 is 4.37. The summed E-state index contributed by atoms with van der Waals surface area (Å²) in [4.78, 5) is 12.6. The van der Waals surface area contributed by atoms with Gasteiger partial charge >= 0.3 is 5.63 Å². The molecule has 0 amide bonds. The molecule has 2 nitrogen and oxygen atoms in total. The fraction of sp³-hybridized carbons (Fsp3) is 0.0625. The monoisotopic (exact) mass is 268 g/mol. The Morgan fingerprint density at radius 1 is 1.05 bits per heavy atom. The average molecular weight is 268 g/mol. The van der Waals surface area contributed by atoms with Crippen molar-refractivity contribution in [1.82, 2.24) is 0 Å². The first kappa shape index (κ1) is 12.1. The van der Waals surface area contributed by atoms with Crippen molar-refractivity contribution >= 4 is 23.6 Å². The van der Waals surface area contributed by atoms with Crippen LogP contribution in [0.25, 0.3) is 22.1 Å². The molecule has 0 aliphatic heterocycles. The maximum absolute atomic E-state index is 11.7. The van der Waals surface area contributed by atoms with Crippen LogP contribution in [0.3, 0.4) is 0 Å². The molecule has 19 heavy (non-hydrogen) atoms. The molecule has 2 aromatic carbocycles. The van der Waals surface area contributed by atoms with E-state index in [2.05, 4.69) is 12.6 Å². The summed E-state index contributed by atoms with van der Waals surface area (Å²) in [7, 11) is 0. The molecule has 3 rings (SSSR count). The van der Waals surface area contributed by atoms with Gasteiger partial charge < -0.3 is 4.42 Å². The normalized spacial score (nSPS) is 10.8. The van der Waals surface area contributed by atoms with E-state index in [9.17, 15) is 4.79 Å². The number of hydrogen-bond acceptors (Lipinski definition) is 3. The highest BCUT2D eigenvalue weighted by Gasteiger charge is 2.10. The lowest BCUT2D eigenvalue weighted by atomic mass is 10.0. The molecule has 0 spiro atoms. The summed E-state index contributed by atoms with van der Waals surface area (Å²) in [5, 5.41) is 0.932. The van der Waals surface area contributed by atoms with E-state index in [1.807, 2.05) is 49.4 Å². The van der Waals surface area contributed by atoms with Crippen molar-refractivity contribution in [1.29, 1.82) is 0 Å². The second-order valence-electron chi connectivity index (χ2n) is 4.43. The predicted molar refractivity (Wildman–Crippen MR) is 79.9 cm³/mol. The van der Waals surface area contributed by atoms with Gasteiger partial charge in [-0.05, 0) is 30.2 Å². The minimum atomic E-state index is -0.339. The Labute approximate surface area is 116 Å². The highest BCUT2D eigenvalue weighted by molar-refractivity contribution is 7.80. The van der Waals surface area contributed by atoms with Gasteiger partial charge in [-0.1, -0.05) is 30.3 Å². The highest BCUT2D eigenvalue weighted by atomic mass is 32.1. The van der Waals surface area contributed by atoms with E-state index in [1.165, 1.54) is 6.07 Å². The van der Waals surface area contributed by atoms with E-state index in [4.69, 9.17) is 4.42 Å². The summed E-state index contributed by atoms with van der Waals surface area (Å²) in [6, 6.07) is 15.2. The van der Waals surface area contributed by atoms with E-state index < -0.39 is 0 Å². The van der Waals surface area contributed by atoms with Crippen LogP contribution in [-0.2, 0) is 0 Å². The van der Waals surface area contributed by atoms with E-state index in [-0.39, 0.29) is 5.63 Å². The third-order valence-electron chi connectivity index (χ3n) is 3.22. The summed E-state index contributed by atoms with van der Waals surface area (Å²) in [5.74, 6) is 0. The molecular weight excluding hydrogens is 256 g/mol. The fourth-order valence-electron chi connectivity index (χ4n) is 2.21. The van der Waals surface area contributed by atoms with Gasteiger partial charge in [0.25, 0.3) is 0 Å². The van der Waals surface area contributed by atoms with Gasteiger partial charge in [0.15, 0.2) is 0 Å². The molecule has 0 saturated carbocycles. The molecule has 0 unspecified atom stereocenters. The summed E-state index contributed by atoms with van der Waals surface area (Å²) in [6.07, 6.45) is 0. The van der Waals surface area contributed by atoms with Crippen LogP contribution in [0.2, 0.25) is 0 Å². The first-order valence-corrected chi connectivity index (χ1v) is 6.43. The maximum atomic E-state index is 11.7. The molecule has 1 heterocycles. The third-order valence-corrected chi connectivity index (χ3v) is 3.70.